The highest BCUT2D eigenvalue weighted by molar-refractivity contribution is 6.00. The van der Waals surface area contributed by atoms with Gasteiger partial charge in [0.15, 0.2) is 5.82 Å². The Bertz CT molecular complexity index is 1470. The van der Waals surface area contributed by atoms with Crippen molar-refractivity contribution in [1.29, 1.82) is 0 Å². The number of anilines is 1. The van der Waals surface area contributed by atoms with Crippen molar-refractivity contribution in [2.45, 2.75) is 13.5 Å². The molecule has 5 rings (SSSR count). The van der Waals surface area contributed by atoms with E-state index in [2.05, 4.69) is 30.9 Å². The smallest absolute Gasteiger partial charge is 0.324 e. The number of hydrogen-bond donors (Lipinski definition) is 2. The highest BCUT2D eigenvalue weighted by atomic mass is 19.1. The number of carbonyl (C=O) groups excluding carboxylic acids is 3. The third-order valence-corrected chi connectivity index (χ3v) is 5.70. The van der Waals surface area contributed by atoms with Gasteiger partial charge in [-0.05, 0) is 18.2 Å². The second-order valence-electron chi connectivity index (χ2n) is 8.44. The Morgan fingerprint density at radius 2 is 2.05 bits per heavy atom. The van der Waals surface area contributed by atoms with E-state index in [1.807, 2.05) is 0 Å². The van der Waals surface area contributed by atoms with Crippen molar-refractivity contribution in [3.05, 3.63) is 66.3 Å². The van der Waals surface area contributed by atoms with Gasteiger partial charge in [0.05, 0.1) is 18.2 Å². The Kier molecular flexibility index (Phi) is 6.41. The van der Waals surface area contributed by atoms with Gasteiger partial charge in [0.2, 0.25) is 11.8 Å². The minimum Gasteiger partial charge on any atom is -0.364 e. The summed E-state index contributed by atoms with van der Waals surface area (Å²) in [4.78, 5) is 46.0. The van der Waals surface area contributed by atoms with Crippen LogP contribution in [0.5, 0.6) is 0 Å². The summed E-state index contributed by atoms with van der Waals surface area (Å²) in [6.07, 6.45) is 2.87. The minimum atomic E-state index is -0.623. The van der Waals surface area contributed by atoms with Crippen molar-refractivity contribution in [3.8, 4) is 22.9 Å². The Hall–Kier alpha value is -4.94. The number of rotatable bonds is 7. The van der Waals surface area contributed by atoms with Gasteiger partial charge in [0, 0.05) is 24.4 Å². The molecule has 1 atom stereocenters. The van der Waals surface area contributed by atoms with Crippen molar-refractivity contribution in [1.82, 2.24) is 35.1 Å². The van der Waals surface area contributed by atoms with Gasteiger partial charge in [-0.15, -0.1) is 0 Å². The number of amides is 4. The molecule has 188 valence electrons. The van der Waals surface area contributed by atoms with Crippen LogP contribution >= 0.6 is 0 Å². The van der Waals surface area contributed by atoms with Crippen LogP contribution in [0, 0.1) is 11.7 Å². The molecule has 12 nitrogen and oxygen atoms in total. The molecule has 1 saturated heterocycles. The fourth-order valence-electron chi connectivity index (χ4n) is 3.83. The second kappa shape index (κ2) is 9.97. The number of carbonyl (C=O) groups is 3. The molecule has 1 fully saturated rings. The van der Waals surface area contributed by atoms with Crippen molar-refractivity contribution in [3.63, 3.8) is 0 Å². The van der Waals surface area contributed by atoms with Gasteiger partial charge in [-0.1, -0.05) is 30.3 Å². The predicted molar refractivity (Wildman–Crippen MR) is 127 cm³/mol. The average molecular weight is 504 g/mol. The molecule has 4 heterocycles. The highest BCUT2D eigenvalue weighted by Crippen LogP contribution is 2.25. The lowest BCUT2D eigenvalue weighted by molar-refractivity contribution is -0.126. The molecule has 1 aromatic carbocycles. The molecule has 1 aliphatic heterocycles. The Morgan fingerprint density at radius 1 is 1.22 bits per heavy atom. The lowest BCUT2D eigenvalue weighted by Gasteiger charge is -2.29. The molecule has 0 bridgehead atoms. The zero-order chi connectivity index (χ0) is 25.9. The summed E-state index contributed by atoms with van der Waals surface area (Å²) in [5.41, 5.74) is 1.85. The fraction of sp³-hybridized carbons (Fsp3) is 0.208. The van der Waals surface area contributed by atoms with E-state index in [0.717, 1.165) is 0 Å². The molecule has 0 saturated carbocycles. The number of nitrogens with zero attached hydrogens (tertiary/aromatic N) is 6. The van der Waals surface area contributed by atoms with E-state index in [-0.39, 0.29) is 43.0 Å². The number of imide groups is 1. The quantitative estimate of drug-likeness (QED) is 0.390. The van der Waals surface area contributed by atoms with Crippen LogP contribution in [-0.2, 0) is 16.1 Å². The molecule has 0 radical (unpaired) electrons. The number of halogens is 1. The summed E-state index contributed by atoms with van der Waals surface area (Å²) >= 11 is 0. The molecule has 37 heavy (non-hydrogen) atoms. The van der Waals surface area contributed by atoms with Gasteiger partial charge in [0.25, 0.3) is 0 Å². The third kappa shape index (κ3) is 5.19. The maximum absolute atomic E-state index is 14.3. The van der Waals surface area contributed by atoms with Gasteiger partial charge in [-0.2, -0.15) is 5.10 Å². The monoisotopic (exact) mass is 504 g/mol. The first-order valence-corrected chi connectivity index (χ1v) is 11.3. The number of urea groups is 1. The number of hydrogen-bond acceptors (Lipinski definition) is 8. The van der Waals surface area contributed by atoms with E-state index in [1.54, 1.807) is 41.9 Å². The number of nitrogens with one attached hydrogen (secondary N) is 2. The van der Waals surface area contributed by atoms with E-state index in [9.17, 15) is 18.8 Å². The molecular formula is C24H21FN8O4. The van der Waals surface area contributed by atoms with Crippen molar-refractivity contribution in [2.75, 3.05) is 18.4 Å². The second-order valence-corrected chi connectivity index (χ2v) is 8.44. The molecule has 0 aliphatic carbocycles. The first kappa shape index (κ1) is 23.8. The topological polar surface area (TPSA) is 148 Å². The van der Waals surface area contributed by atoms with Gasteiger partial charge in [-0.25, -0.2) is 19.2 Å². The third-order valence-electron chi connectivity index (χ3n) is 5.70. The average Bonchev–Trinajstić information content (AvgIpc) is 3.54. The van der Waals surface area contributed by atoms with Crippen molar-refractivity contribution < 1.29 is 23.3 Å². The van der Waals surface area contributed by atoms with E-state index in [0.29, 0.717) is 22.6 Å². The summed E-state index contributed by atoms with van der Waals surface area (Å²) in [6, 6.07) is 10.6. The van der Waals surface area contributed by atoms with E-state index in [4.69, 9.17) is 4.52 Å². The molecule has 2 N–H and O–H groups in total. The Balaban J connectivity index is 1.36. The van der Waals surface area contributed by atoms with E-state index < -0.39 is 17.9 Å². The summed E-state index contributed by atoms with van der Waals surface area (Å²) in [6.45, 7) is 1.68. The first-order chi connectivity index (χ1) is 17.9. The summed E-state index contributed by atoms with van der Waals surface area (Å²) in [5, 5.41) is 13.4. The molecule has 4 amide bonds. The highest BCUT2D eigenvalue weighted by Gasteiger charge is 2.30. The zero-order valence-electron chi connectivity index (χ0n) is 19.6. The van der Waals surface area contributed by atoms with Gasteiger partial charge < -0.3 is 14.7 Å². The number of benzene rings is 1. The molecule has 13 heteroatoms. The van der Waals surface area contributed by atoms with Crippen LogP contribution < -0.4 is 10.6 Å². The summed E-state index contributed by atoms with van der Waals surface area (Å²) < 4.78 is 20.8. The SMILES string of the molecule is CC1CN(CC(=O)Nc2ccnc(-c3cc(-c4ccon4)n(Cc4ccccc4F)n3)n2)C(=O)NC1=O. The van der Waals surface area contributed by atoms with Crippen LogP contribution in [0.3, 0.4) is 0 Å². The zero-order valence-corrected chi connectivity index (χ0v) is 19.6. The van der Waals surface area contributed by atoms with Crippen molar-refractivity contribution >= 4 is 23.7 Å². The van der Waals surface area contributed by atoms with E-state index >= 15 is 0 Å². The Labute approximate surface area is 209 Å². The normalized spacial score (nSPS) is 15.5. The standard InChI is InChI=1S/C24H21FN8O4/c1-14-11-32(24(36)29-23(14)35)13-21(34)27-20-6-8-26-22(28-20)18-10-19(17-7-9-37-31-17)33(30-18)12-15-4-2-3-5-16(15)25/h2-10,14H,11-13H2,1H3,(H,29,35,36)(H,26,27,28,34). The molecule has 1 aliphatic rings. The lowest BCUT2D eigenvalue weighted by Crippen LogP contribution is -2.55. The lowest BCUT2D eigenvalue weighted by atomic mass is 10.1. The van der Waals surface area contributed by atoms with Gasteiger partial charge in [0.1, 0.15) is 35.8 Å². The van der Waals surface area contributed by atoms with Gasteiger partial charge >= 0.3 is 6.03 Å². The number of aromatic nitrogens is 5. The van der Waals surface area contributed by atoms with Crippen LogP contribution in [0.2, 0.25) is 0 Å². The largest absolute Gasteiger partial charge is 0.364 e. The molecule has 3 aromatic heterocycles. The molecular weight excluding hydrogens is 483 g/mol. The first-order valence-electron chi connectivity index (χ1n) is 11.3. The van der Waals surface area contributed by atoms with Crippen LogP contribution in [-0.4, -0.2) is 60.7 Å². The fourth-order valence-corrected chi connectivity index (χ4v) is 3.83. The van der Waals surface area contributed by atoms with Crippen LogP contribution in [0.15, 0.2) is 59.4 Å². The summed E-state index contributed by atoms with van der Waals surface area (Å²) in [5.74, 6) is -1.24. The molecule has 4 aromatic rings. The maximum atomic E-state index is 14.3. The van der Waals surface area contributed by atoms with Crippen LogP contribution in [0.25, 0.3) is 22.9 Å². The molecule has 1 unspecified atom stereocenters. The van der Waals surface area contributed by atoms with Gasteiger partial charge in [-0.3, -0.25) is 19.6 Å². The molecule has 0 spiro atoms. The summed E-state index contributed by atoms with van der Waals surface area (Å²) in [7, 11) is 0. The predicted octanol–water partition coefficient (Wildman–Crippen LogP) is 2.31. The van der Waals surface area contributed by atoms with Crippen LogP contribution in [0.1, 0.15) is 12.5 Å². The van der Waals surface area contributed by atoms with Crippen LogP contribution in [0.4, 0.5) is 15.0 Å². The Morgan fingerprint density at radius 3 is 2.84 bits per heavy atom. The maximum Gasteiger partial charge on any atom is 0.324 e. The van der Waals surface area contributed by atoms with E-state index in [1.165, 1.54) is 29.5 Å². The minimum absolute atomic E-state index is 0.129. The van der Waals surface area contributed by atoms with Crippen molar-refractivity contribution in [2.24, 2.45) is 5.92 Å².